The molecule has 1 aromatic heterocycles. The molecule has 1 amide bonds. The summed E-state index contributed by atoms with van der Waals surface area (Å²) in [4.78, 5) is 11.8. The van der Waals surface area contributed by atoms with Crippen LogP contribution in [-0.4, -0.2) is 16.1 Å². The Morgan fingerprint density at radius 3 is 2.94 bits per heavy atom. The van der Waals surface area contributed by atoms with Gasteiger partial charge in [0.1, 0.15) is 11.5 Å². The molecule has 2 aromatic rings. The molecule has 0 aliphatic carbocycles. The molecular weight excluding hydrogens is 336 g/mol. The SMILES string of the molecule is Cc1ccc(F)c(NC(=O)c2[nH]ncc2I)c1. The van der Waals surface area contributed by atoms with Gasteiger partial charge in [0.2, 0.25) is 0 Å². The van der Waals surface area contributed by atoms with Crippen LogP contribution in [0, 0.1) is 16.3 Å². The van der Waals surface area contributed by atoms with Gasteiger partial charge in [-0.05, 0) is 47.2 Å². The number of benzene rings is 1. The van der Waals surface area contributed by atoms with Crippen molar-refractivity contribution in [2.24, 2.45) is 0 Å². The molecule has 0 aliphatic heterocycles. The number of halogens is 2. The standard InChI is InChI=1S/C11H9FIN3O/c1-6-2-3-7(12)9(4-6)15-11(17)10-8(13)5-14-16-10/h2-5H,1H3,(H,14,16)(H,15,17). The number of aryl methyl sites for hydroxylation is 1. The summed E-state index contributed by atoms with van der Waals surface area (Å²) in [5, 5.41) is 8.81. The first kappa shape index (κ1) is 12.0. The Bertz CT molecular complexity index is 568. The molecule has 0 atom stereocenters. The molecule has 0 bridgehead atoms. The molecule has 1 heterocycles. The molecule has 1 aromatic carbocycles. The number of carbonyl (C=O) groups is 1. The monoisotopic (exact) mass is 345 g/mol. The fraction of sp³-hybridized carbons (Fsp3) is 0.0909. The van der Waals surface area contributed by atoms with Gasteiger partial charge < -0.3 is 5.32 Å². The van der Waals surface area contributed by atoms with Crippen molar-refractivity contribution in [3.8, 4) is 0 Å². The van der Waals surface area contributed by atoms with E-state index in [2.05, 4.69) is 15.5 Å². The van der Waals surface area contributed by atoms with Crippen LogP contribution >= 0.6 is 22.6 Å². The second-order valence-corrected chi connectivity index (χ2v) is 4.69. The highest BCUT2D eigenvalue weighted by molar-refractivity contribution is 14.1. The minimum absolute atomic E-state index is 0.167. The quantitative estimate of drug-likeness (QED) is 0.823. The fourth-order valence-corrected chi connectivity index (χ4v) is 1.86. The Balaban J connectivity index is 2.24. The van der Waals surface area contributed by atoms with E-state index < -0.39 is 11.7 Å². The van der Waals surface area contributed by atoms with Crippen LogP contribution in [0.3, 0.4) is 0 Å². The van der Waals surface area contributed by atoms with E-state index in [0.29, 0.717) is 9.26 Å². The van der Waals surface area contributed by atoms with E-state index in [0.717, 1.165) is 5.56 Å². The molecular formula is C11H9FIN3O. The molecule has 0 unspecified atom stereocenters. The van der Waals surface area contributed by atoms with E-state index >= 15 is 0 Å². The van der Waals surface area contributed by atoms with Gasteiger partial charge in [-0.1, -0.05) is 6.07 Å². The van der Waals surface area contributed by atoms with Crippen molar-refractivity contribution in [2.75, 3.05) is 5.32 Å². The van der Waals surface area contributed by atoms with E-state index in [9.17, 15) is 9.18 Å². The molecule has 0 saturated heterocycles. The lowest BCUT2D eigenvalue weighted by Gasteiger charge is -2.06. The Morgan fingerprint density at radius 2 is 2.29 bits per heavy atom. The first-order chi connectivity index (χ1) is 8.08. The summed E-state index contributed by atoms with van der Waals surface area (Å²) in [7, 11) is 0. The summed E-state index contributed by atoms with van der Waals surface area (Å²) in [6.07, 6.45) is 1.53. The Hall–Kier alpha value is -1.44. The maximum atomic E-state index is 13.4. The van der Waals surface area contributed by atoms with Crippen molar-refractivity contribution < 1.29 is 9.18 Å². The minimum Gasteiger partial charge on any atom is -0.318 e. The second-order valence-electron chi connectivity index (χ2n) is 3.53. The number of hydrogen-bond acceptors (Lipinski definition) is 2. The van der Waals surface area contributed by atoms with Crippen molar-refractivity contribution in [3.05, 3.63) is 45.0 Å². The Kier molecular flexibility index (Phi) is 3.41. The fourth-order valence-electron chi connectivity index (χ4n) is 1.35. The highest BCUT2D eigenvalue weighted by Crippen LogP contribution is 2.17. The predicted octanol–water partition coefficient (Wildman–Crippen LogP) is 2.71. The van der Waals surface area contributed by atoms with E-state index in [1.807, 2.05) is 29.5 Å². The van der Waals surface area contributed by atoms with Crippen molar-refractivity contribution in [1.82, 2.24) is 10.2 Å². The largest absolute Gasteiger partial charge is 0.318 e. The van der Waals surface area contributed by atoms with Crippen LogP contribution in [0.15, 0.2) is 24.4 Å². The lowest BCUT2D eigenvalue weighted by Crippen LogP contribution is -2.14. The number of aromatic nitrogens is 2. The van der Waals surface area contributed by atoms with Crippen LogP contribution in [0.2, 0.25) is 0 Å². The Morgan fingerprint density at radius 1 is 1.53 bits per heavy atom. The number of aromatic amines is 1. The van der Waals surface area contributed by atoms with Crippen molar-refractivity contribution in [3.63, 3.8) is 0 Å². The molecule has 4 nitrogen and oxygen atoms in total. The number of hydrogen-bond donors (Lipinski definition) is 2. The van der Waals surface area contributed by atoms with Gasteiger partial charge in [0.15, 0.2) is 0 Å². The Labute approximate surface area is 111 Å². The third kappa shape index (κ3) is 2.63. The van der Waals surface area contributed by atoms with Crippen molar-refractivity contribution in [2.45, 2.75) is 6.92 Å². The van der Waals surface area contributed by atoms with Gasteiger partial charge in [-0.15, -0.1) is 0 Å². The van der Waals surface area contributed by atoms with Gasteiger partial charge in [-0.3, -0.25) is 9.89 Å². The topological polar surface area (TPSA) is 57.8 Å². The first-order valence-electron chi connectivity index (χ1n) is 4.84. The molecule has 0 aliphatic rings. The average Bonchev–Trinajstić information content (AvgIpc) is 2.70. The molecule has 0 saturated carbocycles. The normalized spacial score (nSPS) is 10.3. The molecule has 0 fully saturated rings. The molecule has 0 spiro atoms. The maximum Gasteiger partial charge on any atom is 0.274 e. The number of nitrogens with zero attached hydrogens (tertiary/aromatic N) is 1. The molecule has 0 radical (unpaired) electrons. The number of amides is 1. The molecule has 17 heavy (non-hydrogen) atoms. The number of carbonyl (C=O) groups excluding carboxylic acids is 1. The van der Waals surface area contributed by atoms with Crippen LogP contribution < -0.4 is 5.32 Å². The van der Waals surface area contributed by atoms with E-state index in [4.69, 9.17) is 0 Å². The van der Waals surface area contributed by atoms with Crippen LogP contribution in [0.5, 0.6) is 0 Å². The van der Waals surface area contributed by atoms with Crippen molar-refractivity contribution >= 4 is 34.2 Å². The maximum absolute atomic E-state index is 13.4. The van der Waals surface area contributed by atoms with Crippen LogP contribution in [-0.2, 0) is 0 Å². The van der Waals surface area contributed by atoms with E-state index in [1.165, 1.54) is 12.3 Å². The zero-order valence-corrected chi connectivity index (χ0v) is 11.1. The molecule has 2 rings (SSSR count). The summed E-state index contributed by atoms with van der Waals surface area (Å²) in [5.41, 5.74) is 1.37. The predicted molar refractivity (Wildman–Crippen MR) is 70.4 cm³/mol. The number of anilines is 1. The number of rotatable bonds is 2. The van der Waals surface area contributed by atoms with Gasteiger partial charge in [0, 0.05) is 0 Å². The van der Waals surface area contributed by atoms with Gasteiger partial charge in [-0.2, -0.15) is 5.10 Å². The summed E-state index contributed by atoms with van der Waals surface area (Å²) < 4.78 is 14.1. The number of nitrogens with one attached hydrogen (secondary N) is 2. The van der Waals surface area contributed by atoms with Gasteiger partial charge in [0.05, 0.1) is 15.5 Å². The van der Waals surface area contributed by atoms with Gasteiger partial charge >= 0.3 is 0 Å². The minimum atomic E-state index is -0.460. The van der Waals surface area contributed by atoms with E-state index in [1.54, 1.807) is 12.1 Å². The van der Waals surface area contributed by atoms with Crippen molar-refractivity contribution in [1.29, 1.82) is 0 Å². The first-order valence-corrected chi connectivity index (χ1v) is 5.92. The smallest absolute Gasteiger partial charge is 0.274 e. The highest BCUT2D eigenvalue weighted by Gasteiger charge is 2.13. The molecule has 88 valence electrons. The van der Waals surface area contributed by atoms with Gasteiger partial charge in [0.25, 0.3) is 5.91 Å². The van der Waals surface area contributed by atoms with Crippen LogP contribution in [0.4, 0.5) is 10.1 Å². The van der Waals surface area contributed by atoms with Crippen LogP contribution in [0.1, 0.15) is 16.1 Å². The third-order valence-electron chi connectivity index (χ3n) is 2.19. The highest BCUT2D eigenvalue weighted by atomic mass is 127. The van der Waals surface area contributed by atoms with Gasteiger partial charge in [-0.25, -0.2) is 4.39 Å². The zero-order valence-electron chi connectivity index (χ0n) is 8.92. The van der Waals surface area contributed by atoms with E-state index in [-0.39, 0.29) is 5.69 Å². The lowest BCUT2D eigenvalue weighted by molar-refractivity contribution is 0.102. The summed E-state index contributed by atoms with van der Waals surface area (Å²) >= 11 is 1.98. The average molecular weight is 345 g/mol. The third-order valence-corrected chi connectivity index (χ3v) is 3.01. The summed E-state index contributed by atoms with van der Waals surface area (Å²) in [6.45, 7) is 1.83. The summed E-state index contributed by atoms with van der Waals surface area (Å²) in [5.74, 6) is -0.866. The second kappa shape index (κ2) is 4.82. The summed E-state index contributed by atoms with van der Waals surface area (Å²) in [6, 6.07) is 4.55. The molecule has 2 N–H and O–H groups in total. The van der Waals surface area contributed by atoms with Crippen LogP contribution in [0.25, 0.3) is 0 Å². The molecule has 6 heteroatoms. The lowest BCUT2D eigenvalue weighted by atomic mass is 10.2. The number of H-pyrrole nitrogens is 1. The zero-order chi connectivity index (χ0) is 12.4.